The third-order valence-corrected chi connectivity index (χ3v) is 2.37. The maximum Gasteiger partial charge on any atom is 0.222 e. The van der Waals surface area contributed by atoms with Gasteiger partial charge in [-0.15, -0.1) is 0 Å². The van der Waals surface area contributed by atoms with Crippen LogP contribution in [0.4, 0.5) is 5.95 Å². The average Bonchev–Trinajstić information content (AvgIpc) is 3.02. The molecule has 0 radical (unpaired) electrons. The van der Waals surface area contributed by atoms with E-state index in [1.807, 2.05) is 13.0 Å². The summed E-state index contributed by atoms with van der Waals surface area (Å²) >= 11 is 0. The van der Waals surface area contributed by atoms with Crippen molar-refractivity contribution in [2.75, 3.05) is 11.9 Å². The van der Waals surface area contributed by atoms with E-state index in [9.17, 15) is 4.79 Å². The van der Waals surface area contributed by atoms with Crippen LogP contribution in [0, 0.1) is 6.92 Å². The Balaban J connectivity index is 1.68. The van der Waals surface area contributed by atoms with E-state index >= 15 is 0 Å². The Morgan fingerprint density at radius 3 is 3.06 bits per heavy atom. The van der Waals surface area contributed by atoms with E-state index in [0.29, 0.717) is 25.0 Å². The number of amides is 1. The Morgan fingerprint density at radius 1 is 1.56 bits per heavy atom. The number of aryl methyl sites for hydroxylation is 1. The van der Waals surface area contributed by atoms with E-state index in [-0.39, 0.29) is 5.91 Å². The lowest BCUT2D eigenvalue weighted by molar-refractivity contribution is -0.120. The quantitative estimate of drug-likeness (QED) is 0.772. The van der Waals surface area contributed by atoms with Gasteiger partial charge in [0, 0.05) is 30.9 Å². The van der Waals surface area contributed by atoms with Gasteiger partial charge in [-0.1, -0.05) is 0 Å². The van der Waals surface area contributed by atoms with Gasteiger partial charge in [-0.3, -0.25) is 4.79 Å². The molecule has 1 saturated carbocycles. The molecule has 1 aliphatic carbocycles. The second-order valence-electron chi connectivity index (χ2n) is 4.04. The van der Waals surface area contributed by atoms with Crippen LogP contribution in [-0.4, -0.2) is 28.5 Å². The van der Waals surface area contributed by atoms with Crippen molar-refractivity contribution in [2.24, 2.45) is 0 Å². The van der Waals surface area contributed by atoms with Crippen molar-refractivity contribution in [3.63, 3.8) is 0 Å². The summed E-state index contributed by atoms with van der Waals surface area (Å²) < 4.78 is 0. The monoisotopic (exact) mass is 220 g/mol. The molecule has 0 spiro atoms. The molecular weight excluding hydrogens is 204 g/mol. The Kier molecular flexibility index (Phi) is 3.34. The predicted octanol–water partition coefficient (Wildman–Crippen LogP) is 0.866. The third-order valence-electron chi connectivity index (χ3n) is 2.37. The smallest absolute Gasteiger partial charge is 0.222 e. The zero-order valence-corrected chi connectivity index (χ0v) is 9.36. The van der Waals surface area contributed by atoms with E-state index in [1.165, 1.54) is 0 Å². The fourth-order valence-corrected chi connectivity index (χ4v) is 1.35. The number of aromatic nitrogens is 2. The molecule has 0 atom stereocenters. The minimum Gasteiger partial charge on any atom is -0.354 e. The molecular formula is C11H16N4O. The number of nitrogens with zero attached hydrogens (tertiary/aromatic N) is 2. The minimum absolute atomic E-state index is 0.0997. The van der Waals surface area contributed by atoms with Gasteiger partial charge in [-0.25, -0.2) is 9.97 Å². The van der Waals surface area contributed by atoms with Gasteiger partial charge in [0.25, 0.3) is 0 Å². The number of nitrogens with one attached hydrogen (secondary N) is 2. The summed E-state index contributed by atoms with van der Waals surface area (Å²) in [6, 6.07) is 2.27. The molecule has 0 saturated heterocycles. The summed E-state index contributed by atoms with van der Waals surface area (Å²) in [5, 5.41) is 5.96. The maximum absolute atomic E-state index is 11.4. The second-order valence-corrected chi connectivity index (χ2v) is 4.04. The van der Waals surface area contributed by atoms with Crippen LogP contribution >= 0.6 is 0 Å². The summed E-state index contributed by atoms with van der Waals surface area (Å²) in [5.74, 6) is 0.682. The molecule has 0 aromatic carbocycles. The van der Waals surface area contributed by atoms with Crippen LogP contribution in [0.2, 0.25) is 0 Å². The van der Waals surface area contributed by atoms with E-state index in [1.54, 1.807) is 6.20 Å². The Hall–Kier alpha value is -1.65. The van der Waals surface area contributed by atoms with Gasteiger partial charge < -0.3 is 10.6 Å². The third kappa shape index (κ3) is 3.49. The van der Waals surface area contributed by atoms with Crippen molar-refractivity contribution in [1.29, 1.82) is 0 Å². The molecule has 0 bridgehead atoms. The molecule has 5 heteroatoms. The molecule has 1 aliphatic rings. The van der Waals surface area contributed by atoms with Crippen molar-refractivity contribution in [3.05, 3.63) is 18.0 Å². The maximum atomic E-state index is 11.4. The SMILES string of the molecule is Cc1ccnc(NCCC(=O)NC2CC2)n1. The predicted molar refractivity (Wildman–Crippen MR) is 61.0 cm³/mol. The first-order chi connectivity index (χ1) is 7.74. The molecule has 1 heterocycles. The van der Waals surface area contributed by atoms with Crippen LogP contribution in [-0.2, 0) is 4.79 Å². The molecule has 5 nitrogen and oxygen atoms in total. The molecule has 1 amide bonds. The normalized spacial score (nSPS) is 14.6. The van der Waals surface area contributed by atoms with Crippen LogP contribution in [0.3, 0.4) is 0 Å². The van der Waals surface area contributed by atoms with Gasteiger partial charge >= 0.3 is 0 Å². The summed E-state index contributed by atoms with van der Waals surface area (Å²) in [7, 11) is 0. The standard InChI is InChI=1S/C11H16N4O/c1-8-4-6-12-11(14-8)13-7-5-10(16)15-9-2-3-9/h4,6,9H,2-3,5,7H2,1H3,(H,15,16)(H,12,13,14). The van der Waals surface area contributed by atoms with Gasteiger partial charge in [0.1, 0.15) is 0 Å². The van der Waals surface area contributed by atoms with Crippen molar-refractivity contribution in [3.8, 4) is 0 Å². The summed E-state index contributed by atoms with van der Waals surface area (Å²) in [6.45, 7) is 2.48. The number of anilines is 1. The lowest BCUT2D eigenvalue weighted by atomic mass is 10.4. The van der Waals surface area contributed by atoms with Crippen molar-refractivity contribution in [2.45, 2.75) is 32.2 Å². The van der Waals surface area contributed by atoms with Crippen molar-refractivity contribution < 1.29 is 4.79 Å². The fourth-order valence-electron chi connectivity index (χ4n) is 1.35. The number of hydrogen-bond acceptors (Lipinski definition) is 4. The largest absolute Gasteiger partial charge is 0.354 e. The van der Waals surface area contributed by atoms with Crippen LogP contribution in [0.1, 0.15) is 25.0 Å². The summed E-state index contributed by atoms with van der Waals surface area (Å²) in [5.41, 5.74) is 0.917. The Morgan fingerprint density at radius 2 is 2.38 bits per heavy atom. The molecule has 0 unspecified atom stereocenters. The van der Waals surface area contributed by atoms with E-state index in [0.717, 1.165) is 18.5 Å². The highest BCUT2D eigenvalue weighted by Gasteiger charge is 2.22. The number of rotatable bonds is 5. The molecule has 2 N–H and O–H groups in total. The van der Waals surface area contributed by atoms with E-state index in [4.69, 9.17) is 0 Å². The first-order valence-electron chi connectivity index (χ1n) is 5.57. The summed E-state index contributed by atoms with van der Waals surface area (Å²) in [6.07, 6.45) is 4.42. The molecule has 1 aromatic rings. The first kappa shape index (κ1) is 10.9. The van der Waals surface area contributed by atoms with Gasteiger partial charge in [0.05, 0.1) is 0 Å². The topological polar surface area (TPSA) is 66.9 Å². The van der Waals surface area contributed by atoms with Crippen LogP contribution in [0.25, 0.3) is 0 Å². The van der Waals surface area contributed by atoms with Gasteiger partial charge in [-0.2, -0.15) is 0 Å². The highest BCUT2D eigenvalue weighted by atomic mass is 16.1. The van der Waals surface area contributed by atoms with Gasteiger partial charge in [-0.05, 0) is 25.8 Å². The van der Waals surface area contributed by atoms with Crippen molar-refractivity contribution >= 4 is 11.9 Å². The molecule has 2 rings (SSSR count). The van der Waals surface area contributed by atoms with E-state index in [2.05, 4.69) is 20.6 Å². The van der Waals surface area contributed by atoms with Crippen molar-refractivity contribution in [1.82, 2.24) is 15.3 Å². The molecule has 16 heavy (non-hydrogen) atoms. The number of carbonyl (C=O) groups excluding carboxylic acids is 1. The highest BCUT2D eigenvalue weighted by Crippen LogP contribution is 2.18. The van der Waals surface area contributed by atoms with Crippen LogP contribution < -0.4 is 10.6 Å². The van der Waals surface area contributed by atoms with Gasteiger partial charge in [0.15, 0.2) is 0 Å². The summed E-state index contributed by atoms with van der Waals surface area (Å²) in [4.78, 5) is 19.6. The lowest BCUT2D eigenvalue weighted by Gasteiger charge is -2.05. The molecule has 1 fully saturated rings. The highest BCUT2D eigenvalue weighted by molar-refractivity contribution is 5.77. The first-order valence-corrected chi connectivity index (χ1v) is 5.57. The van der Waals surface area contributed by atoms with Crippen LogP contribution in [0.15, 0.2) is 12.3 Å². The molecule has 1 aromatic heterocycles. The number of carbonyl (C=O) groups is 1. The average molecular weight is 220 g/mol. The minimum atomic E-state index is 0.0997. The van der Waals surface area contributed by atoms with E-state index < -0.39 is 0 Å². The van der Waals surface area contributed by atoms with Gasteiger partial charge in [0.2, 0.25) is 11.9 Å². The zero-order chi connectivity index (χ0) is 11.4. The van der Waals surface area contributed by atoms with Crippen LogP contribution in [0.5, 0.6) is 0 Å². The molecule has 0 aliphatic heterocycles. The fraction of sp³-hybridized carbons (Fsp3) is 0.545. The zero-order valence-electron chi connectivity index (χ0n) is 9.36. The molecule has 86 valence electrons. The lowest BCUT2D eigenvalue weighted by Crippen LogP contribution is -2.27. The second kappa shape index (κ2) is 4.92. The Labute approximate surface area is 94.7 Å². The number of hydrogen-bond donors (Lipinski definition) is 2. The Bertz CT molecular complexity index is 376.